The summed E-state index contributed by atoms with van der Waals surface area (Å²) in [6.07, 6.45) is 6.06. The molecule has 0 bridgehead atoms. The van der Waals surface area contributed by atoms with Crippen LogP contribution >= 0.6 is 0 Å². The van der Waals surface area contributed by atoms with Gasteiger partial charge in [-0.1, -0.05) is 5.92 Å². The van der Waals surface area contributed by atoms with E-state index < -0.39 is 0 Å². The highest BCUT2D eigenvalue weighted by atomic mass is 16.2. The van der Waals surface area contributed by atoms with E-state index in [9.17, 15) is 4.79 Å². The van der Waals surface area contributed by atoms with Crippen molar-refractivity contribution in [3.05, 3.63) is 0 Å². The van der Waals surface area contributed by atoms with Crippen molar-refractivity contribution in [1.29, 1.82) is 0 Å². The first kappa shape index (κ1) is 9.08. The monoisotopic (exact) mass is 166 g/mol. The lowest BCUT2D eigenvalue weighted by molar-refractivity contribution is -0.128. The maximum atomic E-state index is 11.4. The minimum Gasteiger partial charge on any atom is -0.344 e. The van der Waals surface area contributed by atoms with Crippen LogP contribution in [0.1, 0.15) is 13.3 Å². The maximum absolute atomic E-state index is 11.4. The van der Waals surface area contributed by atoms with Crippen molar-refractivity contribution >= 4 is 5.91 Å². The molecule has 0 saturated carbocycles. The summed E-state index contributed by atoms with van der Waals surface area (Å²) in [5.41, 5.74) is 0. The molecule has 0 radical (unpaired) electrons. The van der Waals surface area contributed by atoms with E-state index in [4.69, 9.17) is 6.42 Å². The molecule has 0 aromatic rings. The Bertz CT molecular complexity index is 219. The van der Waals surface area contributed by atoms with Crippen molar-refractivity contribution < 1.29 is 4.79 Å². The Morgan fingerprint density at radius 1 is 1.83 bits per heavy atom. The summed E-state index contributed by atoms with van der Waals surface area (Å²) in [6.45, 7) is 2.71. The van der Waals surface area contributed by atoms with Crippen LogP contribution in [0.4, 0.5) is 0 Å². The number of carbonyl (C=O) groups excluding carboxylic acids is 1. The highest BCUT2D eigenvalue weighted by Crippen LogP contribution is 2.08. The summed E-state index contributed by atoms with van der Waals surface area (Å²) in [7, 11) is 1.81. The molecule has 1 saturated heterocycles. The Morgan fingerprint density at radius 2 is 2.50 bits per heavy atom. The van der Waals surface area contributed by atoms with Crippen LogP contribution in [0.3, 0.4) is 0 Å². The first-order chi connectivity index (χ1) is 5.65. The van der Waals surface area contributed by atoms with Crippen LogP contribution in [0.15, 0.2) is 0 Å². The Labute approximate surface area is 73.1 Å². The van der Waals surface area contributed by atoms with Gasteiger partial charge < -0.3 is 4.90 Å². The van der Waals surface area contributed by atoms with Gasteiger partial charge in [-0.3, -0.25) is 10.1 Å². The van der Waals surface area contributed by atoms with Crippen molar-refractivity contribution in [2.75, 3.05) is 13.6 Å². The third kappa shape index (κ3) is 1.77. The second-order valence-electron chi connectivity index (χ2n) is 3.16. The fraction of sp³-hybridized carbons (Fsp3) is 0.667. The Hall–Kier alpha value is -1.01. The molecule has 2 atom stereocenters. The van der Waals surface area contributed by atoms with Crippen LogP contribution in [0.25, 0.3) is 0 Å². The van der Waals surface area contributed by atoms with Gasteiger partial charge in [0.1, 0.15) is 0 Å². The van der Waals surface area contributed by atoms with Crippen LogP contribution < -0.4 is 5.32 Å². The quantitative estimate of drug-likeness (QED) is 0.578. The Morgan fingerprint density at radius 3 is 2.92 bits per heavy atom. The van der Waals surface area contributed by atoms with Crippen molar-refractivity contribution in [2.24, 2.45) is 0 Å². The maximum Gasteiger partial charge on any atom is 0.239 e. The number of hydrogen-bond donors (Lipinski definition) is 1. The van der Waals surface area contributed by atoms with Crippen LogP contribution in [0, 0.1) is 12.3 Å². The number of amides is 1. The van der Waals surface area contributed by atoms with Crippen LogP contribution in [-0.4, -0.2) is 36.5 Å². The average Bonchev–Trinajstić information content (AvgIpc) is 2.36. The van der Waals surface area contributed by atoms with Gasteiger partial charge in [0, 0.05) is 13.6 Å². The number of nitrogens with one attached hydrogen (secondary N) is 1. The van der Waals surface area contributed by atoms with Gasteiger partial charge >= 0.3 is 0 Å². The van der Waals surface area contributed by atoms with Crippen molar-refractivity contribution in [3.63, 3.8) is 0 Å². The van der Waals surface area contributed by atoms with Gasteiger partial charge in [0.15, 0.2) is 0 Å². The van der Waals surface area contributed by atoms with Gasteiger partial charge in [0.25, 0.3) is 0 Å². The molecule has 3 nitrogen and oxygen atoms in total. The van der Waals surface area contributed by atoms with E-state index in [0.29, 0.717) is 0 Å². The van der Waals surface area contributed by atoms with Crippen molar-refractivity contribution in [2.45, 2.75) is 25.4 Å². The molecule has 1 N–H and O–H groups in total. The highest BCUT2D eigenvalue weighted by Gasteiger charge is 2.29. The molecule has 1 heterocycles. The fourth-order valence-electron chi connectivity index (χ4n) is 1.33. The summed E-state index contributed by atoms with van der Waals surface area (Å²) in [4.78, 5) is 13.1. The van der Waals surface area contributed by atoms with Gasteiger partial charge in [-0.05, 0) is 13.3 Å². The molecule has 2 unspecified atom stereocenters. The molecule has 3 heteroatoms. The summed E-state index contributed by atoms with van der Waals surface area (Å²) >= 11 is 0. The summed E-state index contributed by atoms with van der Waals surface area (Å²) < 4.78 is 0. The molecule has 1 fully saturated rings. The number of terminal acetylenes is 1. The average molecular weight is 166 g/mol. The van der Waals surface area contributed by atoms with Crippen molar-refractivity contribution in [1.82, 2.24) is 10.2 Å². The Kier molecular flexibility index (Phi) is 2.72. The van der Waals surface area contributed by atoms with E-state index in [1.807, 2.05) is 14.0 Å². The van der Waals surface area contributed by atoms with E-state index in [1.165, 1.54) is 0 Å². The molecule has 0 aromatic carbocycles. The molecule has 1 amide bonds. The third-order valence-electron chi connectivity index (χ3n) is 2.13. The molecular formula is C9H14N2O. The molecule has 12 heavy (non-hydrogen) atoms. The van der Waals surface area contributed by atoms with E-state index >= 15 is 0 Å². The fourth-order valence-corrected chi connectivity index (χ4v) is 1.33. The van der Waals surface area contributed by atoms with Crippen LogP contribution in [-0.2, 0) is 4.79 Å². The van der Waals surface area contributed by atoms with Gasteiger partial charge in [-0.15, -0.1) is 6.42 Å². The second kappa shape index (κ2) is 3.59. The number of likely N-dealkylation sites (N-methyl/N-ethyl adjacent to an activating group) is 1. The minimum atomic E-state index is -0.0685. The number of carbonyl (C=O) groups is 1. The van der Waals surface area contributed by atoms with Gasteiger partial charge in [-0.25, -0.2) is 0 Å². The van der Waals surface area contributed by atoms with E-state index in [-0.39, 0.29) is 18.0 Å². The van der Waals surface area contributed by atoms with E-state index in [0.717, 1.165) is 13.0 Å². The van der Waals surface area contributed by atoms with Gasteiger partial charge in [0.2, 0.25) is 5.91 Å². The van der Waals surface area contributed by atoms with Gasteiger partial charge in [0.05, 0.1) is 12.1 Å². The molecular weight excluding hydrogens is 152 g/mol. The first-order valence-electron chi connectivity index (χ1n) is 4.12. The zero-order chi connectivity index (χ0) is 9.14. The summed E-state index contributed by atoms with van der Waals surface area (Å²) in [6, 6.07) is -0.0912. The number of hydrogen-bond acceptors (Lipinski definition) is 2. The normalized spacial score (nSPS) is 25.6. The van der Waals surface area contributed by atoms with Crippen LogP contribution in [0.2, 0.25) is 0 Å². The molecule has 0 aliphatic carbocycles. The second-order valence-corrected chi connectivity index (χ2v) is 3.16. The third-order valence-corrected chi connectivity index (χ3v) is 2.13. The standard InChI is InChI=1S/C9H14N2O/c1-4-7(2)10-8-5-6-11(3)9(8)12/h1,7-8,10H,5-6H2,2-3H3. The highest BCUT2D eigenvalue weighted by molar-refractivity contribution is 5.83. The number of nitrogens with zero attached hydrogens (tertiary/aromatic N) is 1. The topological polar surface area (TPSA) is 32.3 Å². The van der Waals surface area contributed by atoms with Crippen LogP contribution in [0.5, 0.6) is 0 Å². The SMILES string of the molecule is C#CC(C)NC1CCN(C)C1=O. The predicted octanol–water partition coefficient (Wildman–Crippen LogP) is -0.172. The smallest absolute Gasteiger partial charge is 0.239 e. The zero-order valence-corrected chi connectivity index (χ0v) is 7.50. The lowest BCUT2D eigenvalue weighted by Gasteiger charge is -2.13. The molecule has 1 aliphatic heterocycles. The largest absolute Gasteiger partial charge is 0.344 e. The lowest BCUT2D eigenvalue weighted by atomic mass is 10.2. The molecule has 0 aromatic heterocycles. The number of likely N-dealkylation sites (tertiary alicyclic amines) is 1. The first-order valence-corrected chi connectivity index (χ1v) is 4.12. The van der Waals surface area contributed by atoms with Crippen molar-refractivity contribution in [3.8, 4) is 12.3 Å². The lowest BCUT2D eigenvalue weighted by Crippen LogP contribution is -2.41. The van der Waals surface area contributed by atoms with E-state index in [1.54, 1.807) is 4.90 Å². The number of rotatable bonds is 2. The Balaban J connectivity index is 2.45. The summed E-state index contributed by atoms with van der Waals surface area (Å²) in [5.74, 6) is 2.70. The predicted molar refractivity (Wildman–Crippen MR) is 47.5 cm³/mol. The minimum absolute atomic E-state index is 0.0227. The zero-order valence-electron chi connectivity index (χ0n) is 7.50. The van der Waals surface area contributed by atoms with E-state index in [2.05, 4.69) is 11.2 Å². The van der Waals surface area contributed by atoms with Gasteiger partial charge in [-0.2, -0.15) is 0 Å². The molecule has 0 spiro atoms. The molecule has 1 aliphatic rings. The molecule has 66 valence electrons. The summed E-state index contributed by atoms with van der Waals surface area (Å²) in [5, 5.41) is 3.08. The molecule has 1 rings (SSSR count).